The van der Waals surface area contributed by atoms with Crippen LogP contribution in [0.5, 0.6) is 0 Å². The summed E-state index contributed by atoms with van der Waals surface area (Å²) in [6.45, 7) is 1.97. The predicted octanol–water partition coefficient (Wildman–Crippen LogP) is 2.43. The minimum Gasteiger partial charge on any atom is -0.363 e. The van der Waals surface area contributed by atoms with Gasteiger partial charge in [-0.15, -0.1) is 0 Å². The zero-order valence-electron chi connectivity index (χ0n) is 10.3. The SMILES string of the molecule is C[C@H](O[C@H]1C(=O)C[C@H]2C=C[C@@H]1O2)c1ccccc1. The second kappa shape index (κ2) is 4.67. The third kappa shape index (κ3) is 2.11. The number of carbonyl (C=O) groups is 1. The molecule has 94 valence electrons. The minimum absolute atomic E-state index is 0.0330. The van der Waals surface area contributed by atoms with Crippen LogP contribution in [0.1, 0.15) is 25.0 Å². The normalized spacial score (nSPS) is 31.6. The van der Waals surface area contributed by atoms with Crippen molar-refractivity contribution in [2.24, 2.45) is 0 Å². The number of benzene rings is 1. The number of carbonyl (C=O) groups excluding carboxylic acids is 1. The van der Waals surface area contributed by atoms with Gasteiger partial charge >= 0.3 is 0 Å². The highest BCUT2D eigenvalue weighted by atomic mass is 16.6. The number of Topliss-reactive ketones (excluding diaryl/α,β-unsaturated/α-hetero) is 1. The van der Waals surface area contributed by atoms with Crippen LogP contribution >= 0.6 is 0 Å². The second-order valence-corrected chi connectivity index (χ2v) is 4.80. The average molecular weight is 244 g/mol. The summed E-state index contributed by atoms with van der Waals surface area (Å²) in [6.07, 6.45) is 3.53. The molecular weight excluding hydrogens is 228 g/mol. The molecule has 0 N–H and O–H groups in total. The van der Waals surface area contributed by atoms with Crippen molar-refractivity contribution >= 4 is 5.78 Å². The Kier molecular flexibility index (Phi) is 3.02. The highest BCUT2D eigenvalue weighted by Gasteiger charge is 2.40. The molecule has 0 spiro atoms. The summed E-state index contributed by atoms with van der Waals surface area (Å²) in [4.78, 5) is 12.0. The largest absolute Gasteiger partial charge is 0.363 e. The molecule has 2 aliphatic rings. The Morgan fingerprint density at radius 1 is 1.28 bits per heavy atom. The summed E-state index contributed by atoms with van der Waals surface area (Å²) in [5.41, 5.74) is 1.08. The summed E-state index contributed by atoms with van der Waals surface area (Å²) in [5.74, 6) is 0.143. The third-order valence-electron chi connectivity index (χ3n) is 3.49. The van der Waals surface area contributed by atoms with Crippen molar-refractivity contribution in [1.29, 1.82) is 0 Å². The maximum Gasteiger partial charge on any atom is 0.167 e. The Morgan fingerprint density at radius 2 is 2.06 bits per heavy atom. The standard InChI is InChI=1S/C15H16O3/c1-10(11-5-3-2-4-6-11)17-15-13(16)9-12-7-8-14(15)18-12/h2-8,10,12,14-15H,9H2,1H3/t10-,12+,14-,15-/m0/s1. The minimum atomic E-state index is -0.463. The molecule has 0 amide bonds. The highest BCUT2D eigenvalue weighted by Crippen LogP contribution is 2.30. The van der Waals surface area contributed by atoms with E-state index in [0.717, 1.165) is 5.56 Å². The lowest BCUT2D eigenvalue weighted by Crippen LogP contribution is -2.43. The van der Waals surface area contributed by atoms with Crippen molar-refractivity contribution in [3.05, 3.63) is 48.0 Å². The fourth-order valence-corrected chi connectivity index (χ4v) is 2.49. The van der Waals surface area contributed by atoms with E-state index in [4.69, 9.17) is 9.47 Å². The summed E-state index contributed by atoms with van der Waals surface area (Å²) in [7, 11) is 0. The average Bonchev–Trinajstić information content (AvgIpc) is 2.79. The van der Waals surface area contributed by atoms with Crippen LogP contribution in [0.4, 0.5) is 0 Å². The lowest BCUT2D eigenvalue weighted by atomic mass is 10.0. The number of rotatable bonds is 3. The molecule has 0 aliphatic carbocycles. The quantitative estimate of drug-likeness (QED) is 0.766. The van der Waals surface area contributed by atoms with Crippen LogP contribution in [0.25, 0.3) is 0 Å². The van der Waals surface area contributed by atoms with Crippen molar-refractivity contribution < 1.29 is 14.3 Å². The van der Waals surface area contributed by atoms with E-state index in [1.807, 2.05) is 49.4 Å². The monoisotopic (exact) mass is 244 g/mol. The number of ketones is 1. The Balaban J connectivity index is 1.72. The molecule has 0 unspecified atom stereocenters. The number of hydrogen-bond donors (Lipinski definition) is 0. The van der Waals surface area contributed by atoms with Gasteiger partial charge in [-0.25, -0.2) is 0 Å². The maximum absolute atomic E-state index is 12.0. The molecule has 1 saturated heterocycles. The van der Waals surface area contributed by atoms with Crippen molar-refractivity contribution in [3.63, 3.8) is 0 Å². The Bertz CT molecular complexity index is 466. The molecule has 1 aromatic carbocycles. The molecule has 2 heterocycles. The molecule has 0 aromatic heterocycles. The van der Waals surface area contributed by atoms with E-state index >= 15 is 0 Å². The van der Waals surface area contributed by atoms with E-state index in [0.29, 0.717) is 6.42 Å². The number of fused-ring (bicyclic) bond motifs is 2. The first-order valence-electron chi connectivity index (χ1n) is 6.31. The first kappa shape index (κ1) is 11.6. The van der Waals surface area contributed by atoms with Gasteiger partial charge in [0.15, 0.2) is 5.78 Å². The Labute approximate surface area is 106 Å². The van der Waals surface area contributed by atoms with Gasteiger partial charge in [0.2, 0.25) is 0 Å². The topological polar surface area (TPSA) is 35.5 Å². The van der Waals surface area contributed by atoms with E-state index in [-0.39, 0.29) is 24.1 Å². The summed E-state index contributed by atoms with van der Waals surface area (Å²) >= 11 is 0. The smallest absolute Gasteiger partial charge is 0.167 e. The first-order valence-corrected chi connectivity index (χ1v) is 6.31. The van der Waals surface area contributed by atoms with Gasteiger partial charge < -0.3 is 9.47 Å². The molecule has 1 aromatic rings. The van der Waals surface area contributed by atoms with E-state index < -0.39 is 6.10 Å². The van der Waals surface area contributed by atoms with Crippen molar-refractivity contribution in [3.8, 4) is 0 Å². The van der Waals surface area contributed by atoms with Crippen LogP contribution in [0, 0.1) is 0 Å². The lowest BCUT2D eigenvalue weighted by Gasteiger charge is -2.30. The van der Waals surface area contributed by atoms with Gasteiger partial charge in [-0.2, -0.15) is 0 Å². The van der Waals surface area contributed by atoms with Crippen molar-refractivity contribution in [1.82, 2.24) is 0 Å². The van der Waals surface area contributed by atoms with Crippen molar-refractivity contribution in [2.75, 3.05) is 0 Å². The van der Waals surface area contributed by atoms with Crippen molar-refractivity contribution in [2.45, 2.75) is 37.8 Å². The van der Waals surface area contributed by atoms with Crippen LogP contribution in [0.2, 0.25) is 0 Å². The van der Waals surface area contributed by atoms with Crippen LogP contribution in [0.3, 0.4) is 0 Å². The Morgan fingerprint density at radius 3 is 2.83 bits per heavy atom. The maximum atomic E-state index is 12.0. The molecule has 18 heavy (non-hydrogen) atoms. The molecule has 4 atom stereocenters. The summed E-state index contributed by atoms with van der Waals surface area (Å²) in [6, 6.07) is 9.92. The van der Waals surface area contributed by atoms with Crippen LogP contribution in [-0.2, 0) is 14.3 Å². The highest BCUT2D eigenvalue weighted by molar-refractivity contribution is 5.86. The zero-order chi connectivity index (χ0) is 12.5. The third-order valence-corrected chi connectivity index (χ3v) is 3.49. The Hall–Kier alpha value is -1.45. The predicted molar refractivity (Wildman–Crippen MR) is 67.2 cm³/mol. The fourth-order valence-electron chi connectivity index (χ4n) is 2.49. The molecule has 2 aliphatic heterocycles. The van der Waals surface area contributed by atoms with Crippen LogP contribution < -0.4 is 0 Å². The van der Waals surface area contributed by atoms with Gasteiger partial charge in [0, 0.05) is 6.42 Å². The van der Waals surface area contributed by atoms with Crippen LogP contribution in [-0.4, -0.2) is 24.1 Å². The van der Waals surface area contributed by atoms with E-state index in [9.17, 15) is 4.79 Å². The first-order chi connectivity index (χ1) is 8.74. The molecule has 3 heteroatoms. The molecule has 3 rings (SSSR count). The van der Waals surface area contributed by atoms with Gasteiger partial charge in [-0.1, -0.05) is 42.5 Å². The summed E-state index contributed by atoms with van der Waals surface area (Å²) < 4.78 is 11.6. The number of hydrogen-bond acceptors (Lipinski definition) is 3. The molecule has 0 saturated carbocycles. The second-order valence-electron chi connectivity index (χ2n) is 4.80. The van der Waals surface area contributed by atoms with Gasteiger partial charge in [0.25, 0.3) is 0 Å². The lowest BCUT2D eigenvalue weighted by molar-refractivity contribution is -0.158. The fraction of sp³-hybridized carbons (Fsp3) is 0.400. The van der Waals surface area contributed by atoms with Crippen LogP contribution in [0.15, 0.2) is 42.5 Å². The van der Waals surface area contributed by atoms with Gasteiger partial charge in [0.05, 0.1) is 12.2 Å². The van der Waals surface area contributed by atoms with E-state index in [1.165, 1.54) is 0 Å². The molecule has 0 radical (unpaired) electrons. The molecule has 1 fully saturated rings. The molecule has 2 bridgehead atoms. The zero-order valence-corrected chi connectivity index (χ0v) is 10.3. The van der Waals surface area contributed by atoms with Gasteiger partial charge in [-0.05, 0) is 12.5 Å². The van der Waals surface area contributed by atoms with E-state index in [2.05, 4.69) is 0 Å². The molecular formula is C15H16O3. The summed E-state index contributed by atoms with van der Waals surface area (Å²) in [5, 5.41) is 0. The van der Waals surface area contributed by atoms with E-state index in [1.54, 1.807) is 0 Å². The van der Waals surface area contributed by atoms with Gasteiger partial charge in [-0.3, -0.25) is 4.79 Å². The van der Waals surface area contributed by atoms with Gasteiger partial charge in [0.1, 0.15) is 12.2 Å². The number of ether oxygens (including phenoxy) is 2. The molecule has 3 nitrogen and oxygen atoms in total.